The summed E-state index contributed by atoms with van der Waals surface area (Å²) in [5.41, 5.74) is 0.0731. The Labute approximate surface area is 70.2 Å². The SMILES string of the molecule is Cc1c(Br)cc(F)c(F)c1F. The molecule has 0 fully saturated rings. The van der Waals surface area contributed by atoms with Gasteiger partial charge in [-0.05, 0) is 13.0 Å². The van der Waals surface area contributed by atoms with Gasteiger partial charge in [0.25, 0.3) is 0 Å². The van der Waals surface area contributed by atoms with Gasteiger partial charge < -0.3 is 0 Å². The molecule has 0 aromatic heterocycles. The summed E-state index contributed by atoms with van der Waals surface area (Å²) in [7, 11) is 0. The fourth-order valence-electron chi connectivity index (χ4n) is 0.657. The lowest BCUT2D eigenvalue weighted by Crippen LogP contribution is -1.94. The number of hydrogen-bond donors (Lipinski definition) is 0. The second-order valence-electron chi connectivity index (χ2n) is 2.09. The predicted molar refractivity (Wildman–Crippen MR) is 38.8 cm³/mol. The van der Waals surface area contributed by atoms with Crippen molar-refractivity contribution in [2.75, 3.05) is 0 Å². The molecular formula is C7H4BrF3. The minimum Gasteiger partial charge on any atom is -0.204 e. The number of halogens is 4. The minimum atomic E-state index is -1.43. The van der Waals surface area contributed by atoms with Crippen LogP contribution in [-0.2, 0) is 0 Å². The van der Waals surface area contributed by atoms with E-state index in [2.05, 4.69) is 15.9 Å². The molecule has 0 spiro atoms. The molecule has 11 heavy (non-hydrogen) atoms. The van der Waals surface area contributed by atoms with Crippen molar-refractivity contribution in [1.82, 2.24) is 0 Å². The molecule has 0 amide bonds. The zero-order valence-corrected chi connectivity index (χ0v) is 7.18. The second-order valence-corrected chi connectivity index (χ2v) is 2.95. The molecule has 0 saturated heterocycles. The van der Waals surface area contributed by atoms with Crippen LogP contribution >= 0.6 is 15.9 Å². The van der Waals surface area contributed by atoms with Crippen molar-refractivity contribution in [3.63, 3.8) is 0 Å². The maximum atomic E-state index is 12.6. The fourth-order valence-corrected chi connectivity index (χ4v) is 1.03. The van der Waals surface area contributed by atoms with E-state index in [1.807, 2.05) is 0 Å². The first-order chi connectivity index (χ1) is 5.04. The van der Waals surface area contributed by atoms with Crippen molar-refractivity contribution in [1.29, 1.82) is 0 Å². The van der Waals surface area contributed by atoms with Gasteiger partial charge in [-0.1, -0.05) is 15.9 Å². The third-order valence-electron chi connectivity index (χ3n) is 1.34. The zero-order chi connectivity index (χ0) is 8.59. The lowest BCUT2D eigenvalue weighted by Gasteiger charge is -2.00. The van der Waals surface area contributed by atoms with E-state index in [1.54, 1.807) is 0 Å². The molecule has 0 atom stereocenters. The van der Waals surface area contributed by atoms with Crippen LogP contribution in [0.3, 0.4) is 0 Å². The van der Waals surface area contributed by atoms with E-state index in [0.717, 1.165) is 6.07 Å². The van der Waals surface area contributed by atoms with Crippen molar-refractivity contribution >= 4 is 15.9 Å². The van der Waals surface area contributed by atoms with E-state index >= 15 is 0 Å². The summed E-state index contributed by atoms with van der Waals surface area (Å²) in [4.78, 5) is 0. The van der Waals surface area contributed by atoms with Gasteiger partial charge >= 0.3 is 0 Å². The predicted octanol–water partition coefficient (Wildman–Crippen LogP) is 3.17. The van der Waals surface area contributed by atoms with Gasteiger partial charge in [-0.25, -0.2) is 13.2 Å². The van der Waals surface area contributed by atoms with E-state index < -0.39 is 17.5 Å². The molecule has 4 heteroatoms. The normalized spacial score (nSPS) is 10.3. The van der Waals surface area contributed by atoms with Crippen LogP contribution in [0.1, 0.15) is 5.56 Å². The van der Waals surface area contributed by atoms with Gasteiger partial charge in [-0.2, -0.15) is 0 Å². The molecule has 1 rings (SSSR count). The van der Waals surface area contributed by atoms with Gasteiger partial charge in [0.15, 0.2) is 17.5 Å². The molecule has 0 radical (unpaired) electrons. The lowest BCUT2D eigenvalue weighted by atomic mass is 10.2. The van der Waals surface area contributed by atoms with Crippen molar-refractivity contribution in [3.8, 4) is 0 Å². The molecule has 1 aromatic carbocycles. The molecule has 0 aliphatic rings. The highest BCUT2D eigenvalue weighted by Crippen LogP contribution is 2.23. The molecule has 0 aliphatic heterocycles. The van der Waals surface area contributed by atoms with Gasteiger partial charge in [-0.15, -0.1) is 0 Å². The summed E-state index contributed by atoms with van der Waals surface area (Å²) >= 11 is 2.88. The highest BCUT2D eigenvalue weighted by molar-refractivity contribution is 9.10. The summed E-state index contributed by atoms with van der Waals surface area (Å²) in [6.07, 6.45) is 0. The largest absolute Gasteiger partial charge is 0.204 e. The third kappa shape index (κ3) is 1.40. The quantitative estimate of drug-likeness (QED) is 0.469. The summed E-state index contributed by atoms with van der Waals surface area (Å²) in [6, 6.07) is 0.897. The Kier molecular flexibility index (Phi) is 2.23. The van der Waals surface area contributed by atoms with E-state index in [4.69, 9.17) is 0 Å². The van der Waals surface area contributed by atoms with E-state index in [0.29, 0.717) is 0 Å². The Bertz CT molecular complexity index is 270. The Balaban J connectivity index is 3.46. The van der Waals surface area contributed by atoms with Gasteiger partial charge in [0.1, 0.15) is 0 Å². The van der Waals surface area contributed by atoms with Crippen molar-refractivity contribution in [3.05, 3.63) is 33.6 Å². The van der Waals surface area contributed by atoms with Crippen LogP contribution in [0, 0.1) is 24.4 Å². The second kappa shape index (κ2) is 2.85. The minimum absolute atomic E-state index is 0.0731. The van der Waals surface area contributed by atoms with Crippen LogP contribution in [0.15, 0.2) is 10.5 Å². The van der Waals surface area contributed by atoms with Crippen LogP contribution in [0.5, 0.6) is 0 Å². The van der Waals surface area contributed by atoms with Crippen LogP contribution < -0.4 is 0 Å². The van der Waals surface area contributed by atoms with Crippen molar-refractivity contribution in [2.45, 2.75) is 6.92 Å². The first-order valence-electron chi connectivity index (χ1n) is 2.83. The molecule has 0 aliphatic carbocycles. The highest BCUT2D eigenvalue weighted by Gasteiger charge is 2.13. The van der Waals surface area contributed by atoms with E-state index in [-0.39, 0.29) is 10.0 Å². The molecule has 60 valence electrons. The topological polar surface area (TPSA) is 0 Å². The fraction of sp³-hybridized carbons (Fsp3) is 0.143. The number of rotatable bonds is 0. The zero-order valence-electron chi connectivity index (χ0n) is 5.59. The average Bonchev–Trinajstić information content (AvgIpc) is 1.97. The Morgan fingerprint density at radius 2 is 1.73 bits per heavy atom. The maximum absolute atomic E-state index is 12.6. The molecule has 0 saturated carbocycles. The monoisotopic (exact) mass is 224 g/mol. The van der Waals surface area contributed by atoms with Crippen LogP contribution in [0.2, 0.25) is 0 Å². The molecule has 0 bridgehead atoms. The molecule has 0 unspecified atom stereocenters. The van der Waals surface area contributed by atoms with Gasteiger partial charge in [0, 0.05) is 10.0 Å². The Morgan fingerprint density at radius 3 is 2.27 bits per heavy atom. The number of benzene rings is 1. The van der Waals surface area contributed by atoms with Crippen molar-refractivity contribution < 1.29 is 13.2 Å². The van der Waals surface area contributed by atoms with Crippen LogP contribution in [-0.4, -0.2) is 0 Å². The molecule has 1 aromatic rings. The Hall–Kier alpha value is -0.510. The standard InChI is InChI=1S/C7H4BrF3/c1-3-4(8)2-5(9)7(11)6(3)10/h2H,1H3. The smallest absolute Gasteiger partial charge is 0.194 e. The van der Waals surface area contributed by atoms with Gasteiger partial charge in [0.05, 0.1) is 0 Å². The molecule has 0 nitrogen and oxygen atoms in total. The number of hydrogen-bond acceptors (Lipinski definition) is 0. The van der Waals surface area contributed by atoms with Gasteiger partial charge in [0.2, 0.25) is 0 Å². The summed E-state index contributed by atoms with van der Waals surface area (Å²) in [6.45, 7) is 1.36. The first-order valence-corrected chi connectivity index (χ1v) is 3.63. The van der Waals surface area contributed by atoms with Crippen molar-refractivity contribution in [2.24, 2.45) is 0 Å². The summed E-state index contributed by atoms with van der Waals surface area (Å²) < 4.78 is 37.6. The summed E-state index contributed by atoms with van der Waals surface area (Å²) in [5, 5.41) is 0. The Morgan fingerprint density at radius 1 is 1.18 bits per heavy atom. The highest BCUT2D eigenvalue weighted by atomic mass is 79.9. The molecular weight excluding hydrogens is 221 g/mol. The van der Waals surface area contributed by atoms with E-state index in [1.165, 1.54) is 6.92 Å². The third-order valence-corrected chi connectivity index (χ3v) is 2.17. The van der Waals surface area contributed by atoms with E-state index in [9.17, 15) is 13.2 Å². The average molecular weight is 225 g/mol. The lowest BCUT2D eigenvalue weighted by molar-refractivity contribution is 0.442. The summed E-state index contributed by atoms with van der Waals surface area (Å²) in [5.74, 6) is -3.75. The van der Waals surface area contributed by atoms with Crippen LogP contribution in [0.25, 0.3) is 0 Å². The first kappa shape index (κ1) is 8.59. The van der Waals surface area contributed by atoms with Gasteiger partial charge in [-0.3, -0.25) is 0 Å². The molecule has 0 heterocycles. The van der Waals surface area contributed by atoms with Crippen LogP contribution in [0.4, 0.5) is 13.2 Å². The maximum Gasteiger partial charge on any atom is 0.194 e. The molecule has 0 N–H and O–H groups in total.